The van der Waals surface area contributed by atoms with E-state index in [-0.39, 0.29) is 24.1 Å². The summed E-state index contributed by atoms with van der Waals surface area (Å²) in [6.07, 6.45) is 0.266. The molecule has 0 spiro atoms. The minimum atomic E-state index is -0.232. The van der Waals surface area contributed by atoms with Gasteiger partial charge < -0.3 is 20.6 Å². The van der Waals surface area contributed by atoms with Gasteiger partial charge in [-0.2, -0.15) is 0 Å². The van der Waals surface area contributed by atoms with Crippen molar-refractivity contribution in [3.63, 3.8) is 0 Å². The number of oxime groups is 1. The van der Waals surface area contributed by atoms with Crippen LogP contribution in [0.15, 0.2) is 29.4 Å². The van der Waals surface area contributed by atoms with Crippen molar-refractivity contribution in [2.45, 2.75) is 6.42 Å². The first-order valence-corrected chi connectivity index (χ1v) is 5.57. The molecule has 1 saturated heterocycles. The molecule has 1 aromatic carbocycles. The van der Waals surface area contributed by atoms with Crippen LogP contribution >= 0.6 is 0 Å². The van der Waals surface area contributed by atoms with E-state index in [0.717, 1.165) is 11.4 Å². The van der Waals surface area contributed by atoms with Gasteiger partial charge in [0.25, 0.3) is 0 Å². The maximum absolute atomic E-state index is 11.9. The summed E-state index contributed by atoms with van der Waals surface area (Å²) in [5, 5.41) is 11.6. The molecule has 3 N–H and O–H groups in total. The van der Waals surface area contributed by atoms with Crippen molar-refractivity contribution in [2.24, 2.45) is 16.8 Å². The number of amidine groups is 1. The summed E-state index contributed by atoms with van der Waals surface area (Å²) in [5.74, 6) is 0.569. The largest absolute Gasteiger partial charge is 0.497 e. The van der Waals surface area contributed by atoms with E-state index in [0.29, 0.717) is 6.54 Å². The summed E-state index contributed by atoms with van der Waals surface area (Å²) < 4.78 is 5.06. The van der Waals surface area contributed by atoms with Gasteiger partial charge in [0, 0.05) is 24.6 Å². The average Bonchev–Trinajstić information content (AvgIpc) is 2.80. The number of carbonyl (C=O) groups is 1. The van der Waals surface area contributed by atoms with Crippen molar-refractivity contribution in [1.82, 2.24) is 0 Å². The number of nitrogens with two attached hydrogens (primary N) is 1. The van der Waals surface area contributed by atoms with Gasteiger partial charge in [-0.1, -0.05) is 5.16 Å². The van der Waals surface area contributed by atoms with E-state index in [1.54, 1.807) is 24.1 Å². The van der Waals surface area contributed by atoms with Gasteiger partial charge in [0.2, 0.25) is 5.91 Å². The van der Waals surface area contributed by atoms with Crippen LogP contribution in [0.5, 0.6) is 5.75 Å². The van der Waals surface area contributed by atoms with Crippen molar-refractivity contribution >= 4 is 17.4 Å². The van der Waals surface area contributed by atoms with Gasteiger partial charge >= 0.3 is 0 Å². The molecule has 96 valence electrons. The number of benzene rings is 1. The molecule has 1 fully saturated rings. The molecular weight excluding hydrogens is 234 g/mol. The molecule has 0 saturated carbocycles. The number of anilines is 1. The molecule has 0 aliphatic carbocycles. The van der Waals surface area contributed by atoms with Crippen LogP contribution in [0.1, 0.15) is 6.42 Å². The fraction of sp³-hybridized carbons (Fsp3) is 0.333. The minimum Gasteiger partial charge on any atom is -0.497 e. The molecule has 0 aromatic heterocycles. The Bertz CT molecular complexity index is 470. The molecular formula is C12H15N3O3. The first kappa shape index (κ1) is 12.2. The summed E-state index contributed by atoms with van der Waals surface area (Å²) in [7, 11) is 1.59. The maximum Gasteiger partial charge on any atom is 0.227 e. The summed E-state index contributed by atoms with van der Waals surface area (Å²) in [6, 6.07) is 7.20. The lowest BCUT2D eigenvalue weighted by atomic mass is 10.1. The lowest BCUT2D eigenvalue weighted by molar-refractivity contribution is -0.117. The molecule has 1 aromatic rings. The average molecular weight is 249 g/mol. The van der Waals surface area contributed by atoms with E-state index >= 15 is 0 Å². The van der Waals surface area contributed by atoms with Crippen LogP contribution in [0.4, 0.5) is 5.69 Å². The Hall–Kier alpha value is -2.24. The third-order valence-corrected chi connectivity index (χ3v) is 3.04. The Morgan fingerprint density at radius 2 is 2.17 bits per heavy atom. The molecule has 0 radical (unpaired) electrons. The highest BCUT2D eigenvalue weighted by molar-refractivity contribution is 6.01. The van der Waals surface area contributed by atoms with E-state index in [2.05, 4.69) is 5.16 Å². The van der Waals surface area contributed by atoms with Crippen LogP contribution in [0.25, 0.3) is 0 Å². The topological polar surface area (TPSA) is 88.2 Å². The maximum atomic E-state index is 11.9. The fourth-order valence-electron chi connectivity index (χ4n) is 2.00. The van der Waals surface area contributed by atoms with Crippen molar-refractivity contribution < 1.29 is 14.7 Å². The SMILES string of the molecule is COc1ccc(N2CC(/C(N)=N/O)CC2=O)cc1. The van der Waals surface area contributed by atoms with Crippen LogP contribution in [0.3, 0.4) is 0 Å². The van der Waals surface area contributed by atoms with Gasteiger partial charge in [-0.3, -0.25) is 4.79 Å². The zero-order valence-electron chi connectivity index (χ0n) is 10.0. The zero-order valence-corrected chi connectivity index (χ0v) is 10.0. The molecule has 2 rings (SSSR count). The van der Waals surface area contributed by atoms with Crippen molar-refractivity contribution in [1.29, 1.82) is 0 Å². The molecule has 18 heavy (non-hydrogen) atoms. The second kappa shape index (κ2) is 4.95. The number of hydrogen-bond acceptors (Lipinski definition) is 4. The normalized spacial score (nSPS) is 20.3. The minimum absolute atomic E-state index is 0.0308. The number of amides is 1. The Balaban J connectivity index is 2.16. The molecule has 1 aliphatic heterocycles. The van der Waals surface area contributed by atoms with E-state index in [9.17, 15) is 4.79 Å². The Morgan fingerprint density at radius 1 is 1.50 bits per heavy atom. The summed E-state index contributed by atoms with van der Waals surface area (Å²) in [4.78, 5) is 13.5. The highest BCUT2D eigenvalue weighted by Gasteiger charge is 2.33. The molecule has 1 heterocycles. The van der Waals surface area contributed by atoms with Gasteiger partial charge in [0.05, 0.1) is 7.11 Å². The highest BCUT2D eigenvalue weighted by Crippen LogP contribution is 2.26. The standard InChI is InChI=1S/C12H15N3O3/c1-18-10-4-2-9(3-5-10)15-7-8(6-11(15)16)12(13)14-17/h2-5,8,17H,6-7H2,1H3,(H2,13,14). The molecule has 1 atom stereocenters. The third-order valence-electron chi connectivity index (χ3n) is 3.04. The van der Waals surface area contributed by atoms with Gasteiger partial charge in [-0.25, -0.2) is 0 Å². The van der Waals surface area contributed by atoms with E-state index < -0.39 is 0 Å². The molecule has 1 aliphatic rings. The second-order valence-corrected chi connectivity index (χ2v) is 4.13. The number of carbonyl (C=O) groups excluding carboxylic acids is 1. The van der Waals surface area contributed by atoms with Crippen LogP contribution in [0, 0.1) is 5.92 Å². The third kappa shape index (κ3) is 2.22. The van der Waals surface area contributed by atoms with E-state index in [1.807, 2.05) is 12.1 Å². The van der Waals surface area contributed by atoms with Crippen molar-refractivity contribution in [3.8, 4) is 5.75 Å². The zero-order chi connectivity index (χ0) is 13.1. The number of ether oxygens (including phenoxy) is 1. The number of rotatable bonds is 3. The summed E-state index contributed by atoms with van der Waals surface area (Å²) >= 11 is 0. The van der Waals surface area contributed by atoms with Gasteiger partial charge in [0.15, 0.2) is 0 Å². The van der Waals surface area contributed by atoms with Crippen LogP contribution in [0.2, 0.25) is 0 Å². The monoisotopic (exact) mass is 249 g/mol. The van der Waals surface area contributed by atoms with Crippen LogP contribution in [-0.4, -0.2) is 30.6 Å². The smallest absolute Gasteiger partial charge is 0.227 e. The molecule has 1 unspecified atom stereocenters. The van der Waals surface area contributed by atoms with Crippen LogP contribution < -0.4 is 15.4 Å². The first-order valence-electron chi connectivity index (χ1n) is 5.57. The molecule has 0 bridgehead atoms. The van der Waals surface area contributed by atoms with Gasteiger partial charge in [-0.05, 0) is 24.3 Å². The Morgan fingerprint density at radius 3 is 2.72 bits per heavy atom. The van der Waals surface area contributed by atoms with Crippen molar-refractivity contribution in [3.05, 3.63) is 24.3 Å². The number of hydrogen-bond donors (Lipinski definition) is 2. The number of methoxy groups -OCH3 is 1. The molecule has 6 heteroatoms. The van der Waals surface area contributed by atoms with E-state index in [1.165, 1.54) is 0 Å². The lowest BCUT2D eigenvalue weighted by Crippen LogP contribution is -2.28. The Kier molecular flexibility index (Phi) is 3.36. The highest BCUT2D eigenvalue weighted by atomic mass is 16.5. The second-order valence-electron chi connectivity index (χ2n) is 4.13. The van der Waals surface area contributed by atoms with Crippen LogP contribution in [-0.2, 0) is 4.79 Å². The predicted molar refractivity (Wildman–Crippen MR) is 66.9 cm³/mol. The quantitative estimate of drug-likeness (QED) is 0.359. The lowest BCUT2D eigenvalue weighted by Gasteiger charge is -2.16. The summed E-state index contributed by atoms with van der Waals surface area (Å²) in [5.41, 5.74) is 6.31. The van der Waals surface area contributed by atoms with Gasteiger partial charge in [0.1, 0.15) is 11.6 Å². The first-order chi connectivity index (χ1) is 8.65. The van der Waals surface area contributed by atoms with E-state index in [4.69, 9.17) is 15.7 Å². The fourth-order valence-corrected chi connectivity index (χ4v) is 2.00. The molecule has 6 nitrogen and oxygen atoms in total. The summed E-state index contributed by atoms with van der Waals surface area (Å²) in [6.45, 7) is 0.432. The van der Waals surface area contributed by atoms with Gasteiger partial charge in [-0.15, -0.1) is 0 Å². The number of nitrogens with zero attached hydrogens (tertiary/aromatic N) is 2. The Labute approximate surface area is 105 Å². The predicted octanol–water partition coefficient (Wildman–Crippen LogP) is 0.794. The molecule has 1 amide bonds. The van der Waals surface area contributed by atoms with Crippen molar-refractivity contribution in [2.75, 3.05) is 18.6 Å².